The van der Waals surface area contributed by atoms with Gasteiger partial charge in [0.1, 0.15) is 11.3 Å². The molecular formula is C16H16BrNOS. The molecule has 0 aliphatic rings. The Bertz CT molecular complexity index is 690. The first kappa shape index (κ1) is 13.9. The van der Waals surface area contributed by atoms with Crippen LogP contribution in [0.2, 0.25) is 0 Å². The van der Waals surface area contributed by atoms with Crippen LogP contribution in [-0.4, -0.2) is 6.54 Å². The maximum Gasteiger partial charge on any atom is 0.134 e. The molecule has 0 fully saturated rings. The topological polar surface area (TPSA) is 25.2 Å². The van der Waals surface area contributed by atoms with Gasteiger partial charge in [0.25, 0.3) is 0 Å². The van der Waals surface area contributed by atoms with Crippen molar-refractivity contribution < 1.29 is 4.42 Å². The first-order valence-corrected chi connectivity index (χ1v) is 8.39. The monoisotopic (exact) mass is 349 g/mol. The summed E-state index contributed by atoms with van der Waals surface area (Å²) >= 11 is 5.23. The molecule has 2 nitrogen and oxygen atoms in total. The van der Waals surface area contributed by atoms with E-state index in [0.717, 1.165) is 34.2 Å². The van der Waals surface area contributed by atoms with Gasteiger partial charge in [0, 0.05) is 9.86 Å². The van der Waals surface area contributed by atoms with Gasteiger partial charge in [-0.25, -0.2) is 0 Å². The molecule has 1 unspecified atom stereocenters. The standard InChI is InChI=1S/C16H16BrNOS/c1-11(18-6-4-12-5-7-20-10-12)16-9-13-8-14(17)2-3-15(13)19-16/h2-3,5,7-11,18H,4,6H2,1H3. The number of hydrogen-bond donors (Lipinski definition) is 1. The summed E-state index contributed by atoms with van der Waals surface area (Å²) in [6.07, 6.45) is 1.06. The van der Waals surface area contributed by atoms with Crippen molar-refractivity contribution in [3.05, 3.63) is 56.9 Å². The fraction of sp³-hybridized carbons (Fsp3) is 0.250. The lowest BCUT2D eigenvalue weighted by atomic mass is 10.2. The summed E-state index contributed by atoms with van der Waals surface area (Å²) in [5, 5.41) is 8.97. The largest absolute Gasteiger partial charge is 0.459 e. The number of furan rings is 1. The van der Waals surface area contributed by atoms with E-state index in [1.54, 1.807) is 11.3 Å². The van der Waals surface area contributed by atoms with Crippen molar-refractivity contribution in [1.29, 1.82) is 0 Å². The number of hydrogen-bond acceptors (Lipinski definition) is 3. The second-order valence-corrected chi connectivity index (χ2v) is 6.58. The Hall–Kier alpha value is -1.10. The van der Waals surface area contributed by atoms with E-state index >= 15 is 0 Å². The molecule has 2 aromatic heterocycles. The number of halogens is 1. The summed E-state index contributed by atoms with van der Waals surface area (Å²) in [6, 6.07) is 10.6. The van der Waals surface area contributed by atoms with Gasteiger partial charge in [-0.1, -0.05) is 15.9 Å². The molecule has 1 aromatic carbocycles. The minimum Gasteiger partial charge on any atom is -0.459 e. The molecule has 0 saturated carbocycles. The molecule has 1 N–H and O–H groups in total. The second kappa shape index (κ2) is 6.12. The van der Waals surface area contributed by atoms with Crippen molar-refractivity contribution in [2.75, 3.05) is 6.54 Å². The molecule has 104 valence electrons. The SMILES string of the molecule is CC(NCCc1ccsc1)c1cc2cc(Br)ccc2o1. The smallest absolute Gasteiger partial charge is 0.134 e. The van der Waals surface area contributed by atoms with Crippen molar-refractivity contribution in [3.63, 3.8) is 0 Å². The molecule has 0 aliphatic carbocycles. The second-order valence-electron chi connectivity index (χ2n) is 4.89. The van der Waals surface area contributed by atoms with Crippen molar-refractivity contribution >= 4 is 38.2 Å². The molecule has 2 heterocycles. The predicted molar refractivity (Wildman–Crippen MR) is 88.4 cm³/mol. The molecule has 4 heteroatoms. The summed E-state index contributed by atoms with van der Waals surface area (Å²) < 4.78 is 6.97. The molecule has 0 radical (unpaired) electrons. The minimum absolute atomic E-state index is 0.222. The van der Waals surface area contributed by atoms with Gasteiger partial charge in [-0.2, -0.15) is 11.3 Å². The number of thiophene rings is 1. The average Bonchev–Trinajstić information content (AvgIpc) is 3.06. The Morgan fingerprint density at radius 1 is 1.30 bits per heavy atom. The van der Waals surface area contributed by atoms with E-state index < -0.39 is 0 Å². The van der Waals surface area contributed by atoms with Gasteiger partial charge < -0.3 is 9.73 Å². The molecule has 20 heavy (non-hydrogen) atoms. The Morgan fingerprint density at radius 2 is 2.20 bits per heavy atom. The summed E-state index contributed by atoms with van der Waals surface area (Å²) in [7, 11) is 0. The number of nitrogens with one attached hydrogen (secondary N) is 1. The highest BCUT2D eigenvalue weighted by Crippen LogP contribution is 2.26. The third-order valence-corrected chi connectivity index (χ3v) is 4.59. The lowest BCUT2D eigenvalue weighted by molar-refractivity contribution is 0.453. The molecule has 0 bridgehead atoms. The lowest BCUT2D eigenvalue weighted by Gasteiger charge is -2.10. The maximum atomic E-state index is 5.89. The summed E-state index contributed by atoms with van der Waals surface area (Å²) in [4.78, 5) is 0. The Morgan fingerprint density at radius 3 is 3.00 bits per heavy atom. The predicted octanol–water partition coefficient (Wildman–Crippen LogP) is 5.15. The highest BCUT2D eigenvalue weighted by atomic mass is 79.9. The quantitative estimate of drug-likeness (QED) is 0.688. The van der Waals surface area contributed by atoms with Crippen LogP contribution in [0.4, 0.5) is 0 Å². The molecule has 3 rings (SSSR count). The van der Waals surface area contributed by atoms with E-state index in [-0.39, 0.29) is 6.04 Å². The lowest BCUT2D eigenvalue weighted by Crippen LogP contribution is -2.20. The average molecular weight is 350 g/mol. The molecule has 3 aromatic rings. The zero-order valence-electron chi connectivity index (χ0n) is 11.2. The molecule has 0 saturated heterocycles. The van der Waals surface area contributed by atoms with Crippen molar-refractivity contribution in [2.24, 2.45) is 0 Å². The Kier molecular flexibility index (Phi) is 4.24. The van der Waals surface area contributed by atoms with Crippen LogP contribution in [0.25, 0.3) is 11.0 Å². The highest BCUT2D eigenvalue weighted by Gasteiger charge is 2.11. The first-order valence-electron chi connectivity index (χ1n) is 6.66. The highest BCUT2D eigenvalue weighted by molar-refractivity contribution is 9.10. The van der Waals surface area contributed by atoms with Crippen LogP contribution in [0, 0.1) is 0 Å². The molecule has 0 aliphatic heterocycles. The van der Waals surface area contributed by atoms with Gasteiger partial charge in [-0.3, -0.25) is 0 Å². The van der Waals surface area contributed by atoms with Crippen LogP contribution in [-0.2, 0) is 6.42 Å². The fourth-order valence-electron chi connectivity index (χ4n) is 2.22. The summed E-state index contributed by atoms with van der Waals surface area (Å²) in [5.41, 5.74) is 2.33. The van der Waals surface area contributed by atoms with Crippen molar-refractivity contribution in [2.45, 2.75) is 19.4 Å². The van der Waals surface area contributed by atoms with Gasteiger partial charge in [-0.05, 0) is 66.5 Å². The maximum absolute atomic E-state index is 5.89. The molecule has 0 amide bonds. The van der Waals surface area contributed by atoms with Crippen molar-refractivity contribution in [3.8, 4) is 0 Å². The Balaban J connectivity index is 1.64. The van der Waals surface area contributed by atoms with Gasteiger partial charge in [0.05, 0.1) is 6.04 Å². The van der Waals surface area contributed by atoms with Gasteiger partial charge in [-0.15, -0.1) is 0 Å². The van der Waals surface area contributed by atoms with Crippen molar-refractivity contribution in [1.82, 2.24) is 5.32 Å². The van der Waals surface area contributed by atoms with Crippen LogP contribution in [0.5, 0.6) is 0 Å². The summed E-state index contributed by atoms with van der Waals surface area (Å²) in [6.45, 7) is 3.10. The van der Waals surface area contributed by atoms with E-state index in [2.05, 4.69) is 57.1 Å². The molecule has 0 spiro atoms. The normalized spacial score (nSPS) is 12.9. The van der Waals surface area contributed by atoms with E-state index in [1.165, 1.54) is 5.56 Å². The Labute approximate surface area is 130 Å². The van der Waals surface area contributed by atoms with Gasteiger partial charge in [0.15, 0.2) is 0 Å². The third kappa shape index (κ3) is 3.14. The fourth-order valence-corrected chi connectivity index (χ4v) is 3.30. The van der Waals surface area contributed by atoms with E-state index in [4.69, 9.17) is 4.42 Å². The molecular weight excluding hydrogens is 334 g/mol. The molecule has 1 atom stereocenters. The van der Waals surface area contributed by atoms with E-state index in [1.807, 2.05) is 12.1 Å². The van der Waals surface area contributed by atoms with Gasteiger partial charge >= 0.3 is 0 Å². The van der Waals surface area contributed by atoms with Crippen LogP contribution in [0.1, 0.15) is 24.3 Å². The van der Waals surface area contributed by atoms with Crippen LogP contribution in [0.15, 0.2) is 50.0 Å². The van der Waals surface area contributed by atoms with Gasteiger partial charge in [0.2, 0.25) is 0 Å². The first-order chi connectivity index (χ1) is 9.72. The van der Waals surface area contributed by atoms with Crippen LogP contribution in [0.3, 0.4) is 0 Å². The third-order valence-electron chi connectivity index (χ3n) is 3.37. The zero-order chi connectivity index (χ0) is 13.9. The van der Waals surface area contributed by atoms with Crippen LogP contribution < -0.4 is 5.32 Å². The van der Waals surface area contributed by atoms with E-state index in [0.29, 0.717) is 0 Å². The van der Waals surface area contributed by atoms with Crippen LogP contribution >= 0.6 is 27.3 Å². The number of rotatable bonds is 5. The summed E-state index contributed by atoms with van der Waals surface area (Å²) in [5.74, 6) is 0.989. The number of benzene rings is 1. The van der Waals surface area contributed by atoms with E-state index in [9.17, 15) is 0 Å². The zero-order valence-corrected chi connectivity index (χ0v) is 13.6. The number of fused-ring (bicyclic) bond motifs is 1. The minimum atomic E-state index is 0.222.